The number of rotatable bonds is 4. The fraction of sp³-hybridized carbons (Fsp3) is 0.455. The van der Waals surface area contributed by atoms with Crippen LogP contribution in [0.4, 0.5) is 5.82 Å². The Morgan fingerprint density at radius 2 is 2.06 bits per heavy atom. The molecule has 0 radical (unpaired) electrons. The molecule has 7 nitrogen and oxygen atoms in total. The van der Waals surface area contributed by atoms with Gasteiger partial charge >= 0.3 is 5.69 Å². The molecule has 7 heteroatoms. The Hall–Kier alpha value is -2.18. The Morgan fingerprint density at radius 1 is 1.28 bits per heavy atom. The van der Waals surface area contributed by atoms with Crippen molar-refractivity contribution in [2.24, 2.45) is 0 Å². The summed E-state index contributed by atoms with van der Waals surface area (Å²) >= 11 is 0. The molecule has 2 aromatic heterocycles. The lowest BCUT2D eigenvalue weighted by Gasteiger charge is -2.06. The predicted molar refractivity (Wildman–Crippen MR) is 67.1 cm³/mol. The molecule has 0 saturated carbocycles. The van der Waals surface area contributed by atoms with Gasteiger partial charge in [0.25, 0.3) is 0 Å². The van der Waals surface area contributed by atoms with Crippen LogP contribution >= 0.6 is 0 Å². The van der Waals surface area contributed by atoms with Gasteiger partial charge in [-0.2, -0.15) is 4.98 Å². The molecule has 0 atom stereocenters. The van der Waals surface area contributed by atoms with Crippen molar-refractivity contribution in [3.63, 3.8) is 0 Å². The minimum Gasteiger partial charge on any atom is -0.383 e. The number of nitrogens with zero attached hydrogens (tertiary/aromatic N) is 5. The van der Waals surface area contributed by atoms with Crippen LogP contribution in [0.1, 0.15) is 25.1 Å². The van der Waals surface area contributed by atoms with Crippen LogP contribution in [0, 0.1) is 0 Å². The summed E-state index contributed by atoms with van der Waals surface area (Å²) in [6.45, 7) is 5.22. The lowest BCUT2D eigenvalue weighted by Crippen LogP contribution is -2.24. The van der Waals surface area contributed by atoms with Crippen molar-refractivity contribution >= 4 is 5.82 Å². The monoisotopic (exact) mass is 248 g/mol. The number of nitrogen functional groups attached to an aromatic ring is 1. The standard InChI is InChI=1S/C11H16N6O/c1-3-16-6-8(10(12)13-11(16)18)5-9-7-17(4-2)15-14-9/h6-7H,3-5H2,1-2H3,(H2,12,13,18). The van der Waals surface area contributed by atoms with Crippen LogP contribution in [0.5, 0.6) is 0 Å². The van der Waals surface area contributed by atoms with Gasteiger partial charge in [-0.15, -0.1) is 5.10 Å². The molecule has 2 rings (SSSR count). The van der Waals surface area contributed by atoms with E-state index in [1.807, 2.05) is 20.0 Å². The van der Waals surface area contributed by atoms with Crippen molar-refractivity contribution < 1.29 is 0 Å². The first-order valence-electron chi connectivity index (χ1n) is 5.88. The highest BCUT2D eigenvalue weighted by atomic mass is 16.1. The van der Waals surface area contributed by atoms with Crippen LogP contribution < -0.4 is 11.4 Å². The predicted octanol–water partition coefficient (Wildman–Crippen LogP) is 0.0476. The Kier molecular flexibility index (Phi) is 3.40. The topological polar surface area (TPSA) is 91.6 Å². The molecule has 2 heterocycles. The zero-order valence-electron chi connectivity index (χ0n) is 10.5. The Morgan fingerprint density at radius 3 is 2.67 bits per heavy atom. The van der Waals surface area contributed by atoms with E-state index in [0.717, 1.165) is 17.8 Å². The lowest BCUT2D eigenvalue weighted by atomic mass is 10.2. The highest BCUT2D eigenvalue weighted by Crippen LogP contribution is 2.10. The van der Waals surface area contributed by atoms with Gasteiger partial charge in [-0.05, 0) is 13.8 Å². The SMILES string of the molecule is CCn1cc(Cc2cn(CC)c(=O)nc2N)nn1. The van der Waals surface area contributed by atoms with Crippen molar-refractivity contribution in [2.45, 2.75) is 33.4 Å². The van der Waals surface area contributed by atoms with Gasteiger partial charge in [0.15, 0.2) is 0 Å². The number of hydrogen-bond acceptors (Lipinski definition) is 5. The molecule has 0 aliphatic heterocycles. The van der Waals surface area contributed by atoms with E-state index in [4.69, 9.17) is 5.73 Å². The maximum absolute atomic E-state index is 11.5. The van der Waals surface area contributed by atoms with Gasteiger partial charge in [-0.3, -0.25) is 9.25 Å². The summed E-state index contributed by atoms with van der Waals surface area (Å²) in [5, 5.41) is 8.00. The molecule has 0 amide bonds. The van der Waals surface area contributed by atoms with Crippen molar-refractivity contribution in [1.82, 2.24) is 24.5 Å². The maximum atomic E-state index is 11.5. The van der Waals surface area contributed by atoms with Gasteiger partial charge in [0.1, 0.15) is 5.82 Å². The average Bonchev–Trinajstić information content (AvgIpc) is 2.80. The first kappa shape index (κ1) is 12.3. The van der Waals surface area contributed by atoms with Gasteiger partial charge in [-0.25, -0.2) is 4.79 Å². The Labute approximate surface area is 104 Å². The van der Waals surface area contributed by atoms with Crippen molar-refractivity contribution in [2.75, 3.05) is 5.73 Å². The van der Waals surface area contributed by atoms with Crippen LogP contribution in [0.15, 0.2) is 17.2 Å². The fourth-order valence-corrected chi connectivity index (χ4v) is 1.68. The van der Waals surface area contributed by atoms with Crippen molar-refractivity contribution in [1.29, 1.82) is 0 Å². The minimum absolute atomic E-state index is 0.260. The second kappa shape index (κ2) is 4.99. The summed E-state index contributed by atoms with van der Waals surface area (Å²) in [7, 11) is 0. The zero-order valence-corrected chi connectivity index (χ0v) is 10.5. The van der Waals surface area contributed by atoms with Crippen LogP contribution in [0.2, 0.25) is 0 Å². The molecule has 0 aromatic carbocycles. The van der Waals surface area contributed by atoms with Gasteiger partial charge in [0.2, 0.25) is 0 Å². The van der Waals surface area contributed by atoms with Gasteiger partial charge in [0, 0.05) is 37.5 Å². The molecule has 0 unspecified atom stereocenters. The number of hydrogen-bond donors (Lipinski definition) is 1. The lowest BCUT2D eigenvalue weighted by molar-refractivity contribution is 0.626. The van der Waals surface area contributed by atoms with Crippen LogP contribution in [0.3, 0.4) is 0 Å². The molecular weight excluding hydrogens is 232 g/mol. The van der Waals surface area contributed by atoms with E-state index >= 15 is 0 Å². The van der Waals surface area contributed by atoms with E-state index in [1.165, 1.54) is 4.57 Å². The zero-order chi connectivity index (χ0) is 13.1. The number of nitrogens with two attached hydrogens (primary N) is 1. The molecular formula is C11H16N6O. The van der Waals surface area contributed by atoms with Crippen molar-refractivity contribution in [3.8, 4) is 0 Å². The molecule has 2 N–H and O–H groups in total. The highest BCUT2D eigenvalue weighted by molar-refractivity contribution is 5.38. The normalized spacial score (nSPS) is 10.8. The summed E-state index contributed by atoms with van der Waals surface area (Å²) < 4.78 is 3.27. The van der Waals surface area contributed by atoms with E-state index in [0.29, 0.717) is 13.0 Å². The third-order valence-corrected chi connectivity index (χ3v) is 2.72. The number of aromatic nitrogens is 5. The van der Waals surface area contributed by atoms with Crippen molar-refractivity contribution in [3.05, 3.63) is 34.1 Å². The number of aryl methyl sites for hydroxylation is 2. The quantitative estimate of drug-likeness (QED) is 0.825. The molecule has 0 fully saturated rings. The molecule has 0 aliphatic rings. The molecule has 0 aliphatic carbocycles. The second-order valence-electron chi connectivity index (χ2n) is 3.96. The summed E-state index contributed by atoms with van der Waals surface area (Å²) in [6, 6.07) is 0. The van der Waals surface area contributed by atoms with E-state index < -0.39 is 0 Å². The Bertz CT molecular complexity index is 600. The molecule has 0 bridgehead atoms. The molecule has 2 aromatic rings. The first-order valence-corrected chi connectivity index (χ1v) is 5.88. The van der Waals surface area contributed by atoms with E-state index in [2.05, 4.69) is 15.3 Å². The summed E-state index contributed by atoms with van der Waals surface area (Å²) in [5.41, 5.74) is 7.03. The van der Waals surface area contributed by atoms with Crippen LogP contribution in [-0.2, 0) is 19.5 Å². The highest BCUT2D eigenvalue weighted by Gasteiger charge is 2.08. The Balaban J connectivity index is 2.30. The molecule has 96 valence electrons. The van der Waals surface area contributed by atoms with Crippen LogP contribution in [0.25, 0.3) is 0 Å². The van der Waals surface area contributed by atoms with E-state index in [9.17, 15) is 4.79 Å². The van der Waals surface area contributed by atoms with Gasteiger partial charge < -0.3 is 5.73 Å². The summed E-state index contributed by atoms with van der Waals surface area (Å²) in [4.78, 5) is 15.3. The smallest absolute Gasteiger partial charge is 0.349 e. The third kappa shape index (κ3) is 2.39. The average molecular weight is 248 g/mol. The number of anilines is 1. The summed E-state index contributed by atoms with van der Waals surface area (Å²) in [5.74, 6) is 0.260. The fourth-order valence-electron chi connectivity index (χ4n) is 1.68. The molecule has 18 heavy (non-hydrogen) atoms. The van der Waals surface area contributed by atoms with Gasteiger partial charge in [-0.1, -0.05) is 5.21 Å². The molecule has 0 saturated heterocycles. The largest absolute Gasteiger partial charge is 0.383 e. The van der Waals surface area contributed by atoms with Gasteiger partial charge in [0.05, 0.1) is 5.69 Å². The van der Waals surface area contributed by atoms with E-state index in [-0.39, 0.29) is 11.5 Å². The second-order valence-corrected chi connectivity index (χ2v) is 3.96. The summed E-state index contributed by atoms with van der Waals surface area (Å²) in [6.07, 6.45) is 4.12. The molecule has 0 spiro atoms. The minimum atomic E-state index is -0.323. The first-order chi connectivity index (χ1) is 8.63. The maximum Gasteiger partial charge on any atom is 0.349 e. The van der Waals surface area contributed by atoms with E-state index in [1.54, 1.807) is 10.9 Å². The van der Waals surface area contributed by atoms with Crippen LogP contribution in [-0.4, -0.2) is 24.5 Å². The third-order valence-electron chi connectivity index (χ3n) is 2.72.